The van der Waals surface area contributed by atoms with Crippen LogP contribution >= 0.6 is 0 Å². The Labute approximate surface area is 168 Å². The fraction of sp³-hybridized carbons (Fsp3) is 0.565. The second kappa shape index (κ2) is 8.91. The normalized spacial score (nSPS) is 16.1. The van der Waals surface area contributed by atoms with Crippen LogP contribution in [0.5, 0.6) is 0 Å². The fourth-order valence-electron chi connectivity index (χ4n) is 3.96. The molecular formula is C23H34N4O. The minimum Gasteiger partial charge on any atom is -0.356 e. The van der Waals surface area contributed by atoms with Gasteiger partial charge < -0.3 is 10.6 Å². The van der Waals surface area contributed by atoms with Gasteiger partial charge in [0.05, 0.1) is 12.2 Å². The molecule has 0 saturated carbocycles. The SMILES string of the molecule is Cc1ccc(Cn2nc(C)c(CCC(=O)NCC3(C)CCNCC3)c2C)cc1. The fourth-order valence-corrected chi connectivity index (χ4v) is 3.96. The first-order valence-electron chi connectivity index (χ1n) is 10.4. The maximum Gasteiger partial charge on any atom is 0.220 e. The highest BCUT2D eigenvalue weighted by atomic mass is 16.1. The van der Waals surface area contributed by atoms with Crippen LogP contribution in [0.3, 0.4) is 0 Å². The third kappa shape index (κ3) is 5.22. The lowest BCUT2D eigenvalue weighted by Crippen LogP contribution is -2.42. The van der Waals surface area contributed by atoms with E-state index in [9.17, 15) is 4.79 Å². The lowest BCUT2D eigenvalue weighted by Gasteiger charge is -2.34. The summed E-state index contributed by atoms with van der Waals surface area (Å²) >= 11 is 0. The van der Waals surface area contributed by atoms with Crippen LogP contribution in [0.15, 0.2) is 24.3 Å². The van der Waals surface area contributed by atoms with E-state index < -0.39 is 0 Å². The van der Waals surface area contributed by atoms with Gasteiger partial charge in [-0.1, -0.05) is 36.8 Å². The molecule has 28 heavy (non-hydrogen) atoms. The Morgan fingerprint density at radius 2 is 1.86 bits per heavy atom. The number of piperidine rings is 1. The summed E-state index contributed by atoms with van der Waals surface area (Å²) in [5, 5.41) is 11.3. The van der Waals surface area contributed by atoms with Crippen molar-refractivity contribution in [2.24, 2.45) is 5.41 Å². The molecule has 1 aromatic carbocycles. The molecule has 0 spiro atoms. The number of nitrogens with zero attached hydrogens (tertiary/aromatic N) is 2. The van der Waals surface area contributed by atoms with E-state index in [0.717, 1.165) is 56.8 Å². The van der Waals surface area contributed by atoms with Crippen LogP contribution in [-0.2, 0) is 17.8 Å². The topological polar surface area (TPSA) is 59.0 Å². The molecule has 0 aliphatic carbocycles. The number of hydrogen-bond acceptors (Lipinski definition) is 3. The molecule has 0 bridgehead atoms. The molecule has 2 heterocycles. The summed E-state index contributed by atoms with van der Waals surface area (Å²) in [6, 6.07) is 8.57. The van der Waals surface area contributed by atoms with Crippen molar-refractivity contribution in [3.05, 3.63) is 52.3 Å². The zero-order chi connectivity index (χ0) is 20.1. The van der Waals surface area contributed by atoms with E-state index in [1.807, 2.05) is 6.92 Å². The van der Waals surface area contributed by atoms with Gasteiger partial charge >= 0.3 is 0 Å². The van der Waals surface area contributed by atoms with Crippen molar-refractivity contribution in [2.45, 2.75) is 59.9 Å². The Morgan fingerprint density at radius 1 is 1.18 bits per heavy atom. The number of amides is 1. The van der Waals surface area contributed by atoms with Gasteiger partial charge in [-0.15, -0.1) is 0 Å². The van der Waals surface area contributed by atoms with Gasteiger partial charge in [0.1, 0.15) is 0 Å². The van der Waals surface area contributed by atoms with Gasteiger partial charge in [0, 0.05) is 18.7 Å². The molecule has 2 N–H and O–H groups in total. The summed E-state index contributed by atoms with van der Waals surface area (Å²) in [6.45, 7) is 12.2. The van der Waals surface area contributed by atoms with Crippen molar-refractivity contribution in [3.8, 4) is 0 Å². The Kier molecular flexibility index (Phi) is 6.55. The molecule has 5 heteroatoms. The van der Waals surface area contributed by atoms with Crippen LogP contribution in [0.2, 0.25) is 0 Å². The molecule has 5 nitrogen and oxygen atoms in total. The highest BCUT2D eigenvalue weighted by Crippen LogP contribution is 2.26. The molecule has 3 rings (SSSR count). The number of hydrogen-bond donors (Lipinski definition) is 2. The average molecular weight is 383 g/mol. The molecular weight excluding hydrogens is 348 g/mol. The van der Waals surface area contributed by atoms with Gasteiger partial charge in [-0.25, -0.2) is 0 Å². The largest absolute Gasteiger partial charge is 0.356 e. The third-order valence-corrected chi connectivity index (χ3v) is 6.11. The molecule has 0 radical (unpaired) electrons. The molecule has 1 aliphatic heterocycles. The van der Waals surface area contributed by atoms with Crippen molar-refractivity contribution in [2.75, 3.05) is 19.6 Å². The average Bonchev–Trinajstić information content (AvgIpc) is 2.94. The zero-order valence-corrected chi connectivity index (χ0v) is 17.8. The zero-order valence-electron chi connectivity index (χ0n) is 17.8. The minimum absolute atomic E-state index is 0.143. The van der Waals surface area contributed by atoms with E-state index in [1.165, 1.54) is 16.7 Å². The lowest BCUT2D eigenvalue weighted by molar-refractivity contribution is -0.121. The first-order valence-corrected chi connectivity index (χ1v) is 10.4. The number of nitrogens with one attached hydrogen (secondary N) is 2. The molecule has 0 unspecified atom stereocenters. The van der Waals surface area contributed by atoms with Crippen molar-refractivity contribution in [1.29, 1.82) is 0 Å². The highest BCUT2D eigenvalue weighted by molar-refractivity contribution is 5.76. The predicted octanol–water partition coefficient (Wildman–Crippen LogP) is 3.30. The maximum atomic E-state index is 12.4. The smallest absolute Gasteiger partial charge is 0.220 e. The van der Waals surface area contributed by atoms with Gasteiger partial charge in [0.2, 0.25) is 5.91 Å². The van der Waals surface area contributed by atoms with Crippen LogP contribution in [0.25, 0.3) is 0 Å². The van der Waals surface area contributed by atoms with Crippen molar-refractivity contribution >= 4 is 5.91 Å². The molecule has 0 atom stereocenters. The number of carbonyl (C=O) groups is 1. The second-order valence-electron chi connectivity index (χ2n) is 8.63. The van der Waals surface area contributed by atoms with E-state index in [1.54, 1.807) is 0 Å². The first kappa shape index (κ1) is 20.6. The molecule has 1 aromatic heterocycles. The third-order valence-electron chi connectivity index (χ3n) is 6.11. The molecule has 2 aromatic rings. The van der Waals surface area contributed by atoms with E-state index in [0.29, 0.717) is 6.42 Å². The standard InChI is InChI=1S/C23H34N4O/c1-17-5-7-20(8-6-17)15-27-19(3)21(18(2)26-27)9-10-22(28)25-16-23(4)11-13-24-14-12-23/h5-8,24H,9-16H2,1-4H3,(H,25,28). The Bertz CT molecular complexity index is 801. The number of benzene rings is 1. The van der Waals surface area contributed by atoms with E-state index in [2.05, 4.69) is 60.4 Å². The van der Waals surface area contributed by atoms with Crippen LogP contribution in [-0.4, -0.2) is 35.3 Å². The van der Waals surface area contributed by atoms with Gasteiger partial charge in [-0.2, -0.15) is 5.10 Å². The number of carbonyl (C=O) groups excluding carboxylic acids is 1. The van der Waals surface area contributed by atoms with Crippen molar-refractivity contribution in [1.82, 2.24) is 20.4 Å². The summed E-state index contributed by atoms with van der Waals surface area (Å²) < 4.78 is 2.06. The van der Waals surface area contributed by atoms with Gasteiger partial charge in [0.15, 0.2) is 0 Å². The van der Waals surface area contributed by atoms with Crippen molar-refractivity contribution in [3.63, 3.8) is 0 Å². The number of aromatic nitrogens is 2. The second-order valence-corrected chi connectivity index (χ2v) is 8.63. The highest BCUT2D eigenvalue weighted by Gasteiger charge is 2.27. The minimum atomic E-state index is 0.143. The summed E-state index contributed by atoms with van der Waals surface area (Å²) in [4.78, 5) is 12.4. The van der Waals surface area contributed by atoms with Crippen molar-refractivity contribution < 1.29 is 4.79 Å². The summed E-state index contributed by atoms with van der Waals surface area (Å²) in [6.07, 6.45) is 3.51. The van der Waals surface area contributed by atoms with E-state index in [4.69, 9.17) is 5.10 Å². The molecule has 1 fully saturated rings. The number of rotatable bonds is 7. The summed E-state index contributed by atoms with van der Waals surface area (Å²) in [5.74, 6) is 0.143. The first-order chi connectivity index (χ1) is 13.4. The van der Waals surface area contributed by atoms with Gasteiger partial charge in [-0.3, -0.25) is 9.48 Å². The molecule has 1 aliphatic rings. The molecule has 1 amide bonds. The van der Waals surface area contributed by atoms with Crippen LogP contribution in [0.1, 0.15) is 54.3 Å². The Balaban J connectivity index is 1.54. The van der Waals surface area contributed by atoms with Crippen LogP contribution in [0.4, 0.5) is 0 Å². The molecule has 152 valence electrons. The number of aryl methyl sites for hydroxylation is 2. The van der Waals surface area contributed by atoms with Gasteiger partial charge in [0.25, 0.3) is 0 Å². The van der Waals surface area contributed by atoms with E-state index >= 15 is 0 Å². The molecule has 1 saturated heterocycles. The van der Waals surface area contributed by atoms with Crippen LogP contribution < -0.4 is 10.6 Å². The van der Waals surface area contributed by atoms with E-state index in [-0.39, 0.29) is 11.3 Å². The van der Waals surface area contributed by atoms with Gasteiger partial charge in [-0.05, 0) is 69.7 Å². The predicted molar refractivity (Wildman–Crippen MR) is 114 cm³/mol. The summed E-state index contributed by atoms with van der Waals surface area (Å²) in [7, 11) is 0. The summed E-state index contributed by atoms with van der Waals surface area (Å²) in [5.41, 5.74) is 6.14. The monoisotopic (exact) mass is 382 g/mol. The lowest BCUT2D eigenvalue weighted by atomic mass is 9.81. The Morgan fingerprint density at radius 3 is 2.54 bits per heavy atom. The maximum absolute atomic E-state index is 12.4. The quantitative estimate of drug-likeness (QED) is 0.772. The Hall–Kier alpha value is -2.14. The van der Waals surface area contributed by atoms with Crippen LogP contribution in [0, 0.1) is 26.2 Å².